The number of carbonyl (C=O) groups excluding carboxylic acids is 1. The summed E-state index contributed by atoms with van der Waals surface area (Å²) < 4.78 is 0. The number of hydrogen-bond donors (Lipinski definition) is 1. The van der Waals surface area contributed by atoms with Gasteiger partial charge in [0.1, 0.15) is 0 Å². The average molecular weight is 330 g/mol. The van der Waals surface area contributed by atoms with Crippen LogP contribution in [0.25, 0.3) is 11.3 Å². The van der Waals surface area contributed by atoms with Crippen molar-refractivity contribution in [3.8, 4) is 11.3 Å². The van der Waals surface area contributed by atoms with Crippen molar-refractivity contribution in [1.29, 1.82) is 0 Å². The maximum Gasteiger partial charge on any atom is 0.229 e. The molecule has 2 rings (SSSR count). The molecule has 2 aromatic rings. The number of nitrogens with zero attached hydrogens (tertiary/aromatic N) is 1. The first-order valence-electron chi connectivity index (χ1n) is 8.39. The maximum absolute atomic E-state index is 12.1. The van der Waals surface area contributed by atoms with E-state index >= 15 is 0 Å². The molecule has 0 fully saturated rings. The van der Waals surface area contributed by atoms with Crippen molar-refractivity contribution >= 4 is 22.4 Å². The van der Waals surface area contributed by atoms with Gasteiger partial charge in [-0.3, -0.25) is 4.79 Å². The molecule has 1 N–H and O–H groups in total. The average Bonchev–Trinajstić information content (AvgIpc) is 2.97. The summed E-state index contributed by atoms with van der Waals surface area (Å²) in [6.07, 6.45) is 2.81. The third-order valence-corrected chi connectivity index (χ3v) is 4.74. The van der Waals surface area contributed by atoms with Gasteiger partial charge in [0.15, 0.2) is 5.13 Å². The van der Waals surface area contributed by atoms with Crippen molar-refractivity contribution in [2.75, 3.05) is 5.32 Å². The van der Waals surface area contributed by atoms with Crippen LogP contribution in [0.4, 0.5) is 5.13 Å². The third-order valence-electron chi connectivity index (χ3n) is 3.98. The Labute approximate surface area is 143 Å². The maximum atomic E-state index is 12.1. The van der Waals surface area contributed by atoms with E-state index in [0.29, 0.717) is 11.0 Å². The fraction of sp³-hybridized carbons (Fsp3) is 0.474. The lowest BCUT2D eigenvalue weighted by Crippen LogP contribution is -2.21. The van der Waals surface area contributed by atoms with Gasteiger partial charge in [-0.2, -0.15) is 0 Å². The van der Waals surface area contributed by atoms with Crippen LogP contribution in [0.1, 0.15) is 46.1 Å². The summed E-state index contributed by atoms with van der Waals surface area (Å²) in [5, 5.41) is 5.62. The van der Waals surface area contributed by atoms with Gasteiger partial charge in [0.2, 0.25) is 5.91 Å². The monoisotopic (exact) mass is 330 g/mol. The summed E-state index contributed by atoms with van der Waals surface area (Å²) in [6, 6.07) is 8.55. The summed E-state index contributed by atoms with van der Waals surface area (Å²) >= 11 is 1.48. The molecule has 0 saturated heterocycles. The highest BCUT2D eigenvalue weighted by atomic mass is 32.1. The number of carbonyl (C=O) groups is 1. The minimum atomic E-state index is 0.0673. The first-order valence-corrected chi connectivity index (χ1v) is 9.27. The standard InChI is InChI=1S/C19H26N2OS/c1-5-15(6-2)18(22)21-19-20-17(12-23-19)16-9-7-14(8-10-16)11-13(3)4/h7-10,12-13,15H,5-6,11H2,1-4H3,(H,20,21,22). The Morgan fingerprint density at radius 2 is 1.83 bits per heavy atom. The lowest BCUT2D eigenvalue weighted by molar-refractivity contribution is -0.120. The number of amides is 1. The van der Waals surface area contributed by atoms with Crippen molar-refractivity contribution in [1.82, 2.24) is 4.98 Å². The molecule has 4 heteroatoms. The van der Waals surface area contributed by atoms with E-state index in [9.17, 15) is 4.79 Å². The highest BCUT2D eigenvalue weighted by molar-refractivity contribution is 7.14. The molecule has 0 saturated carbocycles. The zero-order valence-electron chi connectivity index (χ0n) is 14.4. The zero-order chi connectivity index (χ0) is 16.8. The zero-order valence-corrected chi connectivity index (χ0v) is 15.2. The molecule has 0 atom stereocenters. The highest BCUT2D eigenvalue weighted by Gasteiger charge is 2.15. The molecular weight excluding hydrogens is 304 g/mol. The van der Waals surface area contributed by atoms with E-state index in [0.717, 1.165) is 30.5 Å². The van der Waals surface area contributed by atoms with Gasteiger partial charge in [-0.25, -0.2) is 4.98 Å². The van der Waals surface area contributed by atoms with Crippen LogP contribution in [0.3, 0.4) is 0 Å². The quantitative estimate of drug-likeness (QED) is 0.740. The first kappa shape index (κ1) is 17.7. The molecule has 1 heterocycles. The van der Waals surface area contributed by atoms with Crippen LogP contribution < -0.4 is 5.32 Å². The largest absolute Gasteiger partial charge is 0.302 e. The van der Waals surface area contributed by atoms with E-state index in [1.54, 1.807) is 0 Å². The second-order valence-corrected chi connectivity index (χ2v) is 7.19. The fourth-order valence-corrected chi connectivity index (χ4v) is 3.34. The molecule has 0 bridgehead atoms. The van der Waals surface area contributed by atoms with E-state index in [1.165, 1.54) is 16.9 Å². The van der Waals surface area contributed by atoms with Crippen LogP contribution in [0.15, 0.2) is 29.6 Å². The predicted molar refractivity (Wildman–Crippen MR) is 98.8 cm³/mol. The van der Waals surface area contributed by atoms with Gasteiger partial charge < -0.3 is 5.32 Å². The van der Waals surface area contributed by atoms with Crippen molar-refractivity contribution in [3.05, 3.63) is 35.2 Å². The molecule has 0 spiro atoms. The topological polar surface area (TPSA) is 42.0 Å². The molecule has 124 valence electrons. The van der Waals surface area contributed by atoms with E-state index in [2.05, 4.69) is 48.4 Å². The molecule has 1 aromatic heterocycles. The van der Waals surface area contributed by atoms with Crippen LogP contribution in [-0.2, 0) is 11.2 Å². The van der Waals surface area contributed by atoms with Gasteiger partial charge in [-0.1, -0.05) is 52.0 Å². The van der Waals surface area contributed by atoms with Crippen molar-refractivity contribution in [3.63, 3.8) is 0 Å². The molecular formula is C19H26N2OS. The highest BCUT2D eigenvalue weighted by Crippen LogP contribution is 2.26. The van der Waals surface area contributed by atoms with E-state index < -0.39 is 0 Å². The molecule has 0 aliphatic heterocycles. The van der Waals surface area contributed by atoms with Crippen LogP contribution in [0.5, 0.6) is 0 Å². The Morgan fingerprint density at radius 3 is 2.39 bits per heavy atom. The van der Waals surface area contributed by atoms with Crippen LogP contribution in [-0.4, -0.2) is 10.9 Å². The van der Waals surface area contributed by atoms with Crippen molar-refractivity contribution in [2.24, 2.45) is 11.8 Å². The number of benzene rings is 1. The smallest absolute Gasteiger partial charge is 0.229 e. The SMILES string of the molecule is CCC(CC)C(=O)Nc1nc(-c2ccc(CC(C)C)cc2)cs1. The summed E-state index contributed by atoms with van der Waals surface area (Å²) in [4.78, 5) is 16.7. The Hall–Kier alpha value is -1.68. The predicted octanol–water partition coefficient (Wildman–Crippen LogP) is 5.38. The van der Waals surface area contributed by atoms with Gasteiger partial charge in [0.25, 0.3) is 0 Å². The lowest BCUT2D eigenvalue weighted by atomic mass is 10.0. The summed E-state index contributed by atoms with van der Waals surface area (Å²) in [5.74, 6) is 0.799. The second kappa shape index (κ2) is 8.25. The lowest BCUT2D eigenvalue weighted by Gasteiger charge is -2.10. The molecule has 23 heavy (non-hydrogen) atoms. The van der Waals surface area contributed by atoms with E-state index in [1.807, 2.05) is 19.2 Å². The van der Waals surface area contributed by atoms with Gasteiger partial charge >= 0.3 is 0 Å². The van der Waals surface area contributed by atoms with Crippen LogP contribution >= 0.6 is 11.3 Å². The summed E-state index contributed by atoms with van der Waals surface area (Å²) in [5.41, 5.74) is 3.36. The summed E-state index contributed by atoms with van der Waals surface area (Å²) in [6.45, 7) is 8.53. The number of anilines is 1. The van der Waals surface area contributed by atoms with Crippen molar-refractivity contribution in [2.45, 2.75) is 47.0 Å². The number of nitrogens with one attached hydrogen (secondary N) is 1. The minimum absolute atomic E-state index is 0.0673. The van der Waals surface area contributed by atoms with E-state index in [-0.39, 0.29) is 11.8 Å². The Kier molecular flexibility index (Phi) is 6.34. The minimum Gasteiger partial charge on any atom is -0.302 e. The molecule has 0 unspecified atom stereocenters. The Bertz CT molecular complexity index is 627. The molecule has 0 aliphatic rings. The van der Waals surface area contributed by atoms with Gasteiger partial charge in [-0.15, -0.1) is 11.3 Å². The number of aromatic nitrogens is 1. The van der Waals surface area contributed by atoms with Gasteiger partial charge in [-0.05, 0) is 30.7 Å². The molecule has 0 radical (unpaired) electrons. The van der Waals surface area contributed by atoms with Gasteiger partial charge in [0.05, 0.1) is 5.69 Å². The normalized spacial score (nSPS) is 11.2. The number of rotatable bonds is 7. The Morgan fingerprint density at radius 1 is 1.17 bits per heavy atom. The third kappa shape index (κ3) is 4.90. The second-order valence-electron chi connectivity index (χ2n) is 6.34. The van der Waals surface area contributed by atoms with Crippen molar-refractivity contribution < 1.29 is 4.79 Å². The van der Waals surface area contributed by atoms with Gasteiger partial charge in [0, 0.05) is 16.9 Å². The van der Waals surface area contributed by atoms with Crippen LogP contribution in [0.2, 0.25) is 0 Å². The Balaban J connectivity index is 2.05. The van der Waals surface area contributed by atoms with E-state index in [4.69, 9.17) is 0 Å². The number of hydrogen-bond acceptors (Lipinski definition) is 3. The number of thiazole rings is 1. The fourth-order valence-electron chi connectivity index (χ4n) is 2.61. The van der Waals surface area contributed by atoms with Crippen LogP contribution in [0, 0.1) is 11.8 Å². The molecule has 0 aliphatic carbocycles. The molecule has 1 amide bonds. The molecule has 3 nitrogen and oxygen atoms in total. The molecule has 1 aromatic carbocycles. The first-order chi connectivity index (χ1) is 11.0. The summed E-state index contributed by atoms with van der Waals surface area (Å²) in [7, 11) is 0.